The van der Waals surface area contributed by atoms with Gasteiger partial charge in [-0.05, 0) is 41.9 Å². The molecule has 1 aliphatic rings. The van der Waals surface area contributed by atoms with Crippen molar-refractivity contribution < 1.29 is 14.3 Å². The number of phenolic OH excluding ortho intramolecular Hbond substituents is 1. The summed E-state index contributed by atoms with van der Waals surface area (Å²) < 4.78 is 20.4. The zero-order chi connectivity index (χ0) is 20.7. The van der Waals surface area contributed by atoms with Crippen molar-refractivity contribution in [1.29, 1.82) is 0 Å². The molecule has 0 radical (unpaired) electrons. The summed E-state index contributed by atoms with van der Waals surface area (Å²) in [5.74, 6) is -0.597. The van der Waals surface area contributed by atoms with E-state index < -0.39 is 5.82 Å². The first-order valence-corrected chi connectivity index (χ1v) is 10.8. The largest absolute Gasteiger partial charge is 0.508 e. The molecule has 1 aliphatic heterocycles. The molecule has 1 aromatic heterocycles. The summed E-state index contributed by atoms with van der Waals surface area (Å²) in [6.07, 6.45) is 1.31. The highest BCUT2D eigenvalue weighted by molar-refractivity contribution is 9.10. The van der Waals surface area contributed by atoms with Gasteiger partial charge in [0.15, 0.2) is 5.82 Å². The first kappa shape index (κ1) is 20.1. The van der Waals surface area contributed by atoms with Crippen molar-refractivity contribution in [2.24, 2.45) is 0 Å². The highest BCUT2D eigenvalue weighted by atomic mass is 79.9. The summed E-state index contributed by atoms with van der Waals surface area (Å²) in [5, 5.41) is 11.5. The Balaban J connectivity index is 1.73. The fourth-order valence-corrected chi connectivity index (χ4v) is 5.08. The van der Waals surface area contributed by atoms with Crippen LogP contribution in [0.3, 0.4) is 0 Å². The maximum atomic E-state index is 15.4. The number of carbonyl (C=O) groups excluding carboxylic acids is 1. The molecule has 2 heterocycles. The molecule has 0 atom stereocenters. The Bertz CT molecular complexity index is 1130. The number of fused-ring (bicyclic) bond motifs is 1. The standard InChI is InChI=1S/C20H16BrClFN3O2S/c1-2-16(28)25-5-7-26(8-6-25)20-13-10-15(22)17(18(23)19(13)24-29-20)12-9-11(27)3-4-14(12)21/h2-4,9-10,27H,1,5-8H2. The normalized spacial score (nSPS) is 14.4. The lowest BCUT2D eigenvalue weighted by Crippen LogP contribution is -2.48. The smallest absolute Gasteiger partial charge is 0.246 e. The minimum absolute atomic E-state index is 0.0182. The Morgan fingerprint density at radius 3 is 2.72 bits per heavy atom. The van der Waals surface area contributed by atoms with Crippen LogP contribution in [0.25, 0.3) is 22.0 Å². The van der Waals surface area contributed by atoms with Crippen molar-refractivity contribution in [2.45, 2.75) is 0 Å². The van der Waals surface area contributed by atoms with Gasteiger partial charge < -0.3 is 14.9 Å². The number of hydrogen-bond acceptors (Lipinski definition) is 5. The number of aromatic hydroxyl groups is 1. The minimum Gasteiger partial charge on any atom is -0.508 e. The Hall–Kier alpha value is -2.16. The second-order valence-corrected chi connectivity index (χ2v) is 8.63. The van der Waals surface area contributed by atoms with Crippen LogP contribution in [0.2, 0.25) is 5.02 Å². The van der Waals surface area contributed by atoms with Crippen LogP contribution in [0.5, 0.6) is 5.75 Å². The van der Waals surface area contributed by atoms with Crippen molar-refractivity contribution in [3.8, 4) is 16.9 Å². The second kappa shape index (κ2) is 7.93. The van der Waals surface area contributed by atoms with Gasteiger partial charge in [-0.15, -0.1) is 0 Å². The molecule has 150 valence electrons. The van der Waals surface area contributed by atoms with Gasteiger partial charge in [0.25, 0.3) is 0 Å². The van der Waals surface area contributed by atoms with E-state index in [0.29, 0.717) is 41.6 Å². The molecule has 0 bridgehead atoms. The van der Waals surface area contributed by atoms with Crippen LogP contribution in [-0.2, 0) is 4.79 Å². The van der Waals surface area contributed by atoms with Crippen LogP contribution < -0.4 is 4.90 Å². The van der Waals surface area contributed by atoms with E-state index in [1.807, 2.05) is 0 Å². The number of hydrogen-bond donors (Lipinski definition) is 1. The van der Waals surface area contributed by atoms with Gasteiger partial charge in [0, 0.05) is 47.2 Å². The van der Waals surface area contributed by atoms with Crippen LogP contribution in [-0.4, -0.2) is 46.5 Å². The molecule has 1 N–H and O–H groups in total. The van der Waals surface area contributed by atoms with Crippen molar-refractivity contribution in [3.63, 3.8) is 0 Å². The first-order valence-electron chi connectivity index (χ1n) is 8.83. The molecule has 0 saturated carbocycles. The molecule has 2 aromatic carbocycles. The predicted molar refractivity (Wildman–Crippen MR) is 118 cm³/mol. The van der Waals surface area contributed by atoms with Gasteiger partial charge in [-0.2, -0.15) is 4.37 Å². The number of rotatable bonds is 3. The van der Waals surface area contributed by atoms with E-state index in [4.69, 9.17) is 11.6 Å². The number of aromatic nitrogens is 1. The Kier molecular flexibility index (Phi) is 5.50. The Labute approximate surface area is 184 Å². The number of nitrogens with zero attached hydrogens (tertiary/aromatic N) is 3. The van der Waals surface area contributed by atoms with E-state index in [9.17, 15) is 9.90 Å². The Morgan fingerprint density at radius 2 is 2.03 bits per heavy atom. The van der Waals surface area contributed by atoms with Crippen molar-refractivity contribution in [1.82, 2.24) is 9.27 Å². The van der Waals surface area contributed by atoms with Gasteiger partial charge in [0.2, 0.25) is 5.91 Å². The first-order chi connectivity index (χ1) is 13.9. The fraction of sp³-hybridized carbons (Fsp3) is 0.200. The summed E-state index contributed by atoms with van der Waals surface area (Å²) in [6, 6.07) is 6.33. The fourth-order valence-electron chi connectivity index (χ4n) is 3.44. The van der Waals surface area contributed by atoms with Crippen molar-refractivity contribution in [2.75, 3.05) is 31.1 Å². The van der Waals surface area contributed by atoms with Crippen molar-refractivity contribution >= 4 is 60.9 Å². The number of carbonyl (C=O) groups is 1. The molecular formula is C20H16BrClFN3O2S. The topological polar surface area (TPSA) is 56.7 Å². The number of piperazine rings is 1. The van der Waals surface area contributed by atoms with E-state index in [2.05, 4.69) is 31.8 Å². The van der Waals surface area contributed by atoms with E-state index in [1.165, 1.54) is 29.7 Å². The van der Waals surface area contributed by atoms with Gasteiger partial charge in [-0.1, -0.05) is 34.1 Å². The summed E-state index contributed by atoms with van der Waals surface area (Å²) in [6.45, 7) is 5.89. The van der Waals surface area contributed by atoms with E-state index in [0.717, 1.165) is 5.00 Å². The second-order valence-electron chi connectivity index (χ2n) is 6.61. The van der Waals surface area contributed by atoms with Crippen LogP contribution >= 0.6 is 39.1 Å². The van der Waals surface area contributed by atoms with Crippen molar-refractivity contribution in [3.05, 3.63) is 52.2 Å². The molecule has 1 saturated heterocycles. The monoisotopic (exact) mass is 495 g/mol. The summed E-state index contributed by atoms with van der Waals surface area (Å²) in [4.78, 5) is 15.6. The summed E-state index contributed by atoms with van der Waals surface area (Å²) in [7, 11) is 0. The quantitative estimate of drug-likeness (QED) is 0.515. The predicted octanol–water partition coefficient (Wildman–Crippen LogP) is 5.06. The lowest BCUT2D eigenvalue weighted by molar-refractivity contribution is -0.126. The van der Waals surface area contributed by atoms with Gasteiger partial charge in [0.1, 0.15) is 16.3 Å². The van der Waals surface area contributed by atoms with Gasteiger partial charge in [-0.3, -0.25) is 4.79 Å². The third-order valence-electron chi connectivity index (χ3n) is 4.92. The lowest BCUT2D eigenvalue weighted by atomic mass is 10.0. The average molecular weight is 497 g/mol. The van der Waals surface area contributed by atoms with E-state index >= 15 is 4.39 Å². The van der Waals surface area contributed by atoms with Gasteiger partial charge >= 0.3 is 0 Å². The van der Waals surface area contributed by atoms with E-state index in [-0.39, 0.29) is 27.8 Å². The molecule has 1 fully saturated rings. The summed E-state index contributed by atoms with van der Waals surface area (Å²) in [5.41, 5.74) is 0.893. The number of halogens is 3. The number of amides is 1. The molecule has 0 spiro atoms. The summed E-state index contributed by atoms with van der Waals surface area (Å²) >= 11 is 11.1. The van der Waals surface area contributed by atoms with E-state index in [1.54, 1.807) is 17.0 Å². The van der Waals surface area contributed by atoms with Crippen LogP contribution in [0.4, 0.5) is 9.39 Å². The molecule has 5 nitrogen and oxygen atoms in total. The molecule has 9 heteroatoms. The maximum Gasteiger partial charge on any atom is 0.246 e. The number of benzene rings is 2. The van der Waals surface area contributed by atoms with Gasteiger partial charge in [0.05, 0.1) is 5.02 Å². The molecule has 29 heavy (non-hydrogen) atoms. The van der Waals surface area contributed by atoms with Crippen LogP contribution in [0.15, 0.2) is 41.4 Å². The lowest BCUT2D eigenvalue weighted by Gasteiger charge is -2.34. The highest BCUT2D eigenvalue weighted by Gasteiger charge is 2.25. The number of anilines is 1. The van der Waals surface area contributed by atoms with Gasteiger partial charge in [-0.25, -0.2) is 4.39 Å². The zero-order valence-corrected chi connectivity index (χ0v) is 18.3. The highest BCUT2D eigenvalue weighted by Crippen LogP contribution is 2.43. The molecule has 1 amide bonds. The number of phenols is 1. The SMILES string of the molecule is C=CC(=O)N1CCN(c2snc3c(F)c(-c4cc(O)ccc4Br)c(Cl)cc23)CC1. The zero-order valence-electron chi connectivity index (χ0n) is 15.2. The minimum atomic E-state index is -0.526. The molecule has 4 rings (SSSR count). The Morgan fingerprint density at radius 1 is 1.31 bits per heavy atom. The maximum absolute atomic E-state index is 15.4. The molecular weight excluding hydrogens is 481 g/mol. The average Bonchev–Trinajstić information content (AvgIpc) is 3.14. The third-order valence-corrected chi connectivity index (χ3v) is 6.83. The molecule has 0 unspecified atom stereocenters. The van der Waals surface area contributed by atoms with Crippen LogP contribution in [0, 0.1) is 5.82 Å². The molecule has 0 aliphatic carbocycles. The molecule has 3 aromatic rings. The third kappa shape index (κ3) is 3.60. The van der Waals surface area contributed by atoms with Crippen LogP contribution in [0.1, 0.15) is 0 Å².